The zero-order valence-corrected chi connectivity index (χ0v) is 10.5. The van der Waals surface area contributed by atoms with Gasteiger partial charge in [-0.2, -0.15) is 0 Å². The van der Waals surface area contributed by atoms with Gasteiger partial charge in [0.05, 0.1) is 22.3 Å². The van der Waals surface area contributed by atoms with E-state index in [1.807, 2.05) is 30.0 Å². The van der Waals surface area contributed by atoms with Crippen LogP contribution in [-0.2, 0) is 0 Å². The Morgan fingerprint density at radius 2 is 2.06 bits per heavy atom. The quantitative estimate of drug-likeness (QED) is 0.883. The second kappa shape index (κ2) is 4.93. The van der Waals surface area contributed by atoms with E-state index < -0.39 is 0 Å². The average Bonchev–Trinajstić information content (AvgIpc) is 2.77. The molecule has 0 bridgehead atoms. The lowest BCUT2D eigenvalue weighted by Gasteiger charge is -2.24. The molecule has 0 aliphatic carbocycles. The lowest BCUT2D eigenvalue weighted by molar-refractivity contribution is 0.937. The maximum absolute atomic E-state index is 6.17. The van der Waals surface area contributed by atoms with Gasteiger partial charge in [-0.1, -0.05) is 29.3 Å². The summed E-state index contributed by atoms with van der Waals surface area (Å²) in [5.41, 5.74) is 0.821. The van der Waals surface area contributed by atoms with E-state index in [0.717, 1.165) is 31.3 Å². The zero-order valence-electron chi connectivity index (χ0n) is 9.00. The minimum Gasteiger partial charge on any atom is -0.354 e. The molecule has 5 heteroatoms. The molecule has 86 valence electrons. The third kappa shape index (κ3) is 2.11. The van der Waals surface area contributed by atoms with Gasteiger partial charge in [-0.3, -0.25) is 4.99 Å². The summed E-state index contributed by atoms with van der Waals surface area (Å²) in [6.45, 7) is 4.49. The van der Waals surface area contributed by atoms with E-state index in [0.29, 0.717) is 10.0 Å². The van der Waals surface area contributed by atoms with E-state index in [9.17, 15) is 0 Å². The Hall–Kier alpha value is -0.930. The molecule has 0 spiro atoms. The van der Waals surface area contributed by atoms with Crippen molar-refractivity contribution in [3.05, 3.63) is 28.2 Å². The first-order valence-corrected chi connectivity index (χ1v) is 5.99. The van der Waals surface area contributed by atoms with Gasteiger partial charge in [0.1, 0.15) is 0 Å². The summed E-state index contributed by atoms with van der Waals surface area (Å²) in [6, 6.07) is 5.51. The van der Waals surface area contributed by atoms with Gasteiger partial charge >= 0.3 is 0 Å². The van der Waals surface area contributed by atoms with Gasteiger partial charge in [0.25, 0.3) is 0 Å². The molecule has 3 nitrogen and oxygen atoms in total. The Bertz CT molecular complexity index is 397. The summed E-state index contributed by atoms with van der Waals surface area (Å²) in [4.78, 5) is 6.38. The van der Waals surface area contributed by atoms with Crippen LogP contribution < -0.4 is 10.2 Å². The Morgan fingerprint density at radius 1 is 1.38 bits per heavy atom. The van der Waals surface area contributed by atoms with E-state index in [1.54, 1.807) is 0 Å². The normalized spacial score (nSPS) is 14.6. The van der Waals surface area contributed by atoms with Crippen molar-refractivity contribution in [1.29, 1.82) is 0 Å². The van der Waals surface area contributed by atoms with Crippen molar-refractivity contribution < 1.29 is 0 Å². The van der Waals surface area contributed by atoms with Crippen molar-refractivity contribution in [3.63, 3.8) is 0 Å². The third-order valence-electron chi connectivity index (χ3n) is 2.44. The number of hydrogen-bond acceptors (Lipinski definition) is 3. The lowest BCUT2D eigenvalue weighted by Crippen LogP contribution is -2.39. The molecule has 0 radical (unpaired) electrons. The average molecular weight is 258 g/mol. The molecule has 1 aliphatic heterocycles. The topological polar surface area (TPSA) is 27.6 Å². The van der Waals surface area contributed by atoms with E-state index in [-0.39, 0.29) is 0 Å². The van der Waals surface area contributed by atoms with Crippen LogP contribution in [0.25, 0.3) is 0 Å². The number of aliphatic imine (C=N–C) groups is 1. The van der Waals surface area contributed by atoms with Crippen LogP contribution in [0, 0.1) is 0 Å². The highest BCUT2D eigenvalue weighted by Gasteiger charge is 2.19. The molecular weight excluding hydrogens is 245 g/mol. The SMILES string of the molecule is CCN(C1=NCCN1)c1c(Cl)cccc1Cl. The molecule has 1 aromatic rings. The number of nitrogens with one attached hydrogen (secondary N) is 1. The molecule has 0 fully saturated rings. The van der Waals surface area contributed by atoms with Crippen molar-refractivity contribution >= 4 is 34.8 Å². The number of hydrogen-bond donors (Lipinski definition) is 1. The van der Waals surface area contributed by atoms with Crippen LogP contribution in [0.1, 0.15) is 6.92 Å². The van der Waals surface area contributed by atoms with Crippen LogP contribution in [0.3, 0.4) is 0 Å². The van der Waals surface area contributed by atoms with Gasteiger partial charge in [0.15, 0.2) is 5.96 Å². The number of anilines is 1. The fourth-order valence-corrected chi connectivity index (χ4v) is 2.33. The van der Waals surface area contributed by atoms with Crippen molar-refractivity contribution in [2.24, 2.45) is 4.99 Å². The summed E-state index contributed by atoms with van der Waals surface area (Å²) >= 11 is 12.3. The summed E-state index contributed by atoms with van der Waals surface area (Å²) < 4.78 is 0. The number of halogens is 2. The number of benzene rings is 1. The van der Waals surface area contributed by atoms with E-state index >= 15 is 0 Å². The number of nitrogens with zero attached hydrogens (tertiary/aromatic N) is 2. The van der Waals surface area contributed by atoms with Crippen LogP contribution >= 0.6 is 23.2 Å². The van der Waals surface area contributed by atoms with Crippen LogP contribution in [0.4, 0.5) is 5.69 Å². The molecule has 1 aromatic carbocycles. The molecule has 0 saturated heterocycles. The van der Waals surface area contributed by atoms with Crippen molar-refractivity contribution in [3.8, 4) is 0 Å². The summed E-state index contributed by atoms with van der Waals surface area (Å²) in [5, 5.41) is 4.51. The molecule has 16 heavy (non-hydrogen) atoms. The maximum atomic E-state index is 6.17. The fraction of sp³-hybridized carbons (Fsp3) is 0.364. The van der Waals surface area contributed by atoms with Gasteiger partial charge in [-0.05, 0) is 19.1 Å². The second-order valence-corrected chi connectivity index (χ2v) is 4.26. The smallest absolute Gasteiger partial charge is 0.198 e. The molecule has 2 rings (SSSR count). The summed E-state index contributed by atoms with van der Waals surface area (Å²) in [5.74, 6) is 0.845. The highest BCUT2D eigenvalue weighted by Crippen LogP contribution is 2.33. The first-order valence-electron chi connectivity index (χ1n) is 5.24. The molecule has 0 aromatic heterocycles. The Kier molecular flexibility index (Phi) is 3.56. The summed E-state index contributed by atoms with van der Waals surface area (Å²) in [7, 11) is 0. The minimum absolute atomic E-state index is 0.644. The van der Waals surface area contributed by atoms with Gasteiger partial charge in [-0.15, -0.1) is 0 Å². The van der Waals surface area contributed by atoms with Gasteiger partial charge in [-0.25, -0.2) is 0 Å². The Balaban J connectivity index is 2.40. The molecular formula is C11H13Cl2N3. The largest absolute Gasteiger partial charge is 0.354 e. The predicted molar refractivity (Wildman–Crippen MR) is 69.8 cm³/mol. The lowest BCUT2D eigenvalue weighted by atomic mass is 10.3. The third-order valence-corrected chi connectivity index (χ3v) is 3.05. The standard InChI is InChI=1S/C11H13Cl2N3/c1-2-16(11-14-6-7-15-11)10-8(12)4-3-5-9(10)13/h3-5H,2,6-7H2,1H3,(H,14,15). The predicted octanol–water partition coefficient (Wildman–Crippen LogP) is 2.78. The number of guanidine groups is 1. The zero-order chi connectivity index (χ0) is 11.5. The first-order chi connectivity index (χ1) is 7.74. The van der Waals surface area contributed by atoms with Crippen LogP contribution in [-0.4, -0.2) is 25.6 Å². The van der Waals surface area contributed by atoms with Crippen molar-refractivity contribution in [1.82, 2.24) is 5.32 Å². The molecule has 1 N–H and O–H groups in total. The Morgan fingerprint density at radius 3 is 2.56 bits per heavy atom. The maximum Gasteiger partial charge on any atom is 0.198 e. The number of rotatable bonds is 2. The van der Waals surface area contributed by atoms with E-state index in [2.05, 4.69) is 10.3 Å². The van der Waals surface area contributed by atoms with Crippen molar-refractivity contribution in [2.45, 2.75) is 6.92 Å². The number of para-hydroxylation sites is 1. The van der Waals surface area contributed by atoms with E-state index in [4.69, 9.17) is 23.2 Å². The summed E-state index contributed by atoms with van der Waals surface area (Å²) in [6.07, 6.45) is 0. The second-order valence-electron chi connectivity index (χ2n) is 3.45. The fourth-order valence-electron chi connectivity index (χ4n) is 1.73. The minimum atomic E-state index is 0.644. The molecule has 0 atom stereocenters. The highest BCUT2D eigenvalue weighted by molar-refractivity contribution is 6.40. The molecule has 0 saturated carbocycles. The van der Waals surface area contributed by atoms with Gasteiger partial charge in [0, 0.05) is 13.1 Å². The van der Waals surface area contributed by atoms with Crippen LogP contribution in [0.15, 0.2) is 23.2 Å². The molecule has 0 unspecified atom stereocenters. The van der Waals surface area contributed by atoms with Crippen molar-refractivity contribution in [2.75, 3.05) is 24.5 Å². The van der Waals surface area contributed by atoms with Crippen LogP contribution in [0.2, 0.25) is 10.0 Å². The molecule has 1 aliphatic rings. The molecule has 0 amide bonds. The monoisotopic (exact) mass is 257 g/mol. The van der Waals surface area contributed by atoms with Gasteiger partial charge in [0.2, 0.25) is 0 Å². The molecule has 1 heterocycles. The highest BCUT2D eigenvalue weighted by atomic mass is 35.5. The van der Waals surface area contributed by atoms with Gasteiger partial charge < -0.3 is 10.2 Å². The first kappa shape index (κ1) is 11.6. The van der Waals surface area contributed by atoms with E-state index in [1.165, 1.54) is 0 Å². The van der Waals surface area contributed by atoms with Crippen LogP contribution in [0.5, 0.6) is 0 Å². The Labute approximate surface area is 105 Å².